The first-order valence-electron chi connectivity index (χ1n) is 8.74. The minimum absolute atomic E-state index is 0.00421. The molecule has 3 nitrogen and oxygen atoms in total. The van der Waals surface area contributed by atoms with Crippen molar-refractivity contribution >= 4 is 11.6 Å². The molecule has 3 aliphatic rings. The summed E-state index contributed by atoms with van der Waals surface area (Å²) in [5, 5.41) is 0. The predicted molar refractivity (Wildman–Crippen MR) is 96.8 cm³/mol. The van der Waals surface area contributed by atoms with E-state index >= 15 is 0 Å². The number of hydrogen-bond acceptors (Lipinski definition) is 3. The topological polar surface area (TPSA) is 27.7 Å². The predicted octanol–water partition coefficient (Wildman–Crippen LogP) is 5.32. The van der Waals surface area contributed by atoms with Crippen molar-refractivity contribution in [1.29, 1.82) is 0 Å². The SMILES string of the molecule is C=C(C)c1c(OC)c2c(c3c1OCO3)C1(C)CCCC(C)(C)C1=C2. The number of fused-ring (bicyclic) bond motifs is 5. The highest BCUT2D eigenvalue weighted by Gasteiger charge is 2.50. The summed E-state index contributed by atoms with van der Waals surface area (Å²) in [6.45, 7) is 13.5. The molecule has 0 amide bonds. The quantitative estimate of drug-likeness (QED) is 0.736. The molecule has 4 rings (SSSR count). The molecule has 1 unspecified atom stereocenters. The van der Waals surface area contributed by atoms with Crippen molar-refractivity contribution in [1.82, 2.24) is 0 Å². The van der Waals surface area contributed by atoms with E-state index in [4.69, 9.17) is 14.2 Å². The van der Waals surface area contributed by atoms with Crippen LogP contribution in [0, 0.1) is 5.41 Å². The van der Waals surface area contributed by atoms with Crippen molar-refractivity contribution in [2.75, 3.05) is 13.9 Å². The van der Waals surface area contributed by atoms with Gasteiger partial charge in [-0.2, -0.15) is 0 Å². The van der Waals surface area contributed by atoms with E-state index < -0.39 is 0 Å². The summed E-state index contributed by atoms with van der Waals surface area (Å²) in [5.74, 6) is 2.58. The zero-order valence-electron chi connectivity index (χ0n) is 15.3. The largest absolute Gasteiger partial charge is 0.495 e. The molecule has 0 N–H and O–H groups in total. The molecule has 0 aromatic heterocycles. The first-order valence-corrected chi connectivity index (χ1v) is 8.74. The van der Waals surface area contributed by atoms with E-state index in [1.807, 2.05) is 6.92 Å². The van der Waals surface area contributed by atoms with Crippen molar-refractivity contribution in [3.8, 4) is 17.2 Å². The third-order valence-electron chi connectivity index (χ3n) is 6.08. The van der Waals surface area contributed by atoms with Crippen LogP contribution in [0.4, 0.5) is 0 Å². The molecule has 1 heterocycles. The van der Waals surface area contributed by atoms with Crippen LogP contribution < -0.4 is 14.2 Å². The molecule has 1 fully saturated rings. The van der Waals surface area contributed by atoms with Crippen LogP contribution in [0.15, 0.2) is 12.2 Å². The van der Waals surface area contributed by atoms with Crippen LogP contribution >= 0.6 is 0 Å². The van der Waals surface area contributed by atoms with Gasteiger partial charge in [0.2, 0.25) is 6.79 Å². The summed E-state index contributed by atoms with van der Waals surface area (Å²) in [7, 11) is 1.73. The highest BCUT2D eigenvalue weighted by atomic mass is 16.7. The molecule has 0 saturated heterocycles. The summed E-state index contributed by atoms with van der Waals surface area (Å²) in [6, 6.07) is 0. The molecular weight excluding hydrogens is 300 g/mol. The number of methoxy groups -OCH3 is 1. The van der Waals surface area contributed by atoms with Gasteiger partial charge in [-0.05, 0) is 30.8 Å². The van der Waals surface area contributed by atoms with Crippen molar-refractivity contribution in [2.45, 2.75) is 52.4 Å². The Kier molecular flexibility index (Phi) is 3.13. The summed E-state index contributed by atoms with van der Waals surface area (Å²) >= 11 is 0. The maximum atomic E-state index is 5.96. The van der Waals surface area contributed by atoms with Gasteiger partial charge in [0.1, 0.15) is 5.75 Å². The number of ether oxygens (including phenoxy) is 3. The molecule has 1 aromatic carbocycles. The standard InChI is InChI=1S/C21H26O3/c1-12(2)15-17(22-6)13-10-14-20(3,4)8-7-9-21(14,5)16(13)19-18(15)23-11-24-19/h10H,1,7-9,11H2,2-6H3. The zero-order valence-corrected chi connectivity index (χ0v) is 15.3. The average molecular weight is 326 g/mol. The third kappa shape index (κ3) is 1.78. The Morgan fingerprint density at radius 1 is 1.17 bits per heavy atom. The lowest BCUT2D eigenvalue weighted by Crippen LogP contribution is -2.35. The summed E-state index contributed by atoms with van der Waals surface area (Å²) in [4.78, 5) is 0. The Labute approximate surface area is 144 Å². The molecule has 1 atom stereocenters. The lowest BCUT2D eigenvalue weighted by atomic mass is 9.60. The first kappa shape index (κ1) is 15.6. The van der Waals surface area contributed by atoms with Crippen LogP contribution in [0.2, 0.25) is 0 Å². The van der Waals surface area contributed by atoms with E-state index in [1.165, 1.54) is 24.0 Å². The average Bonchev–Trinajstić information content (AvgIpc) is 3.07. The van der Waals surface area contributed by atoms with Gasteiger partial charge in [0.05, 0.1) is 12.7 Å². The Morgan fingerprint density at radius 3 is 2.54 bits per heavy atom. The molecular formula is C21H26O3. The normalized spacial score (nSPS) is 25.8. The van der Waals surface area contributed by atoms with Gasteiger partial charge in [0.15, 0.2) is 11.5 Å². The smallest absolute Gasteiger partial charge is 0.231 e. The van der Waals surface area contributed by atoms with E-state index in [0.29, 0.717) is 0 Å². The third-order valence-corrected chi connectivity index (χ3v) is 6.08. The molecule has 0 bridgehead atoms. The van der Waals surface area contributed by atoms with Crippen molar-refractivity contribution in [3.63, 3.8) is 0 Å². The van der Waals surface area contributed by atoms with Crippen LogP contribution in [-0.4, -0.2) is 13.9 Å². The van der Waals surface area contributed by atoms with Gasteiger partial charge in [-0.15, -0.1) is 0 Å². The number of allylic oxidation sites excluding steroid dienone is 2. The maximum Gasteiger partial charge on any atom is 0.231 e. The number of rotatable bonds is 2. The molecule has 1 aliphatic heterocycles. The zero-order chi connectivity index (χ0) is 17.3. The molecule has 0 spiro atoms. The lowest BCUT2D eigenvalue weighted by Gasteiger charge is -2.44. The maximum absolute atomic E-state index is 5.96. The van der Waals surface area contributed by atoms with Crippen LogP contribution in [0.5, 0.6) is 17.2 Å². The second kappa shape index (κ2) is 4.81. The van der Waals surface area contributed by atoms with Gasteiger partial charge in [0, 0.05) is 16.5 Å². The van der Waals surface area contributed by atoms with E-state index in [9.17, 15) is 0 Å². The van der Waals surface area contributed by atoms with Crippen LogP contribution in [0.25, 0.3) is 11.6 Å². The van der Waals surface area contributed by atoms with Crippen molar-refractivity contribution in [3.05, 3.63) is 28.8 Å². The minimum Gasteiger partial charge on any atom is -0.495 e. The number of hydrogen-bond donors (Lipinski definition) is 0. The molecule has 3 heteroatoms. The van der Waals surface area contributed by atoms with E-state index in [-0.39, 0.29) is 17.6 Å². The van der Waals surface area contributed by atoms with Crippen LogP contribution in [0.3, 0.4) is 0 Å². The van der Waals surface area contributed by atoms with Gasteiger partial charge in [0.25, 0.3) is 0 Å². The highest BCUT2D eigenvalue weighted by molar-refractivity contribution is 5.88. The lowest BCUT2D eigenvalue weighted by molar-refractivity contribution is 0.171. The van der Waals surface area contributed by atoms with Crippen molar-refractivity contribution < 1.29 is 14.2 Å². The van der Waals surface area contributed by atoms with E-state index in [1.54, 1.807) is 7.11 Å². The highest BCUT2D eigenvalue weighted by Crippen LogP contribution is 2.64. The Hall–Kier alpha value is -1.90. The Balaban J connectivity index is 2.08. The molecule has 1 saturated carbocycles. The summed E-state index contributed by atoms with van der Waals surface area (Å²) < 4.78 is 17.7. The van der Waals surface area contributed by atoms with Gasteiger partial charge >= 0.3 is 0 Å². The molecule has 128 valence electrons. The van der Waals surface area contributed by atoms with E-state index in [0.717, 1.165) is 40.4 Å². The van der Waals surface area contributed by atoms with E-state index in [2.05, 4.69) is 33.4 Å². The van der Waals surface area contributed by atoms with Gasteiger partial charge in [-0.25, -0.2) is 0 Å². The second-order valence-corrected chi connectivity index (χ2v) is 8.17. The number of benzene rings is 1. The minimum atomic E-state index is -0.00421. The second-order valence-electron chi connectivity index (χ2n) is 8.17. The fourth-order valence-electron chi connectivity index (χ4n) is 5.07. The van der Waals surface area contributed by atoms with Crippen molar-refractivity contribution in [2.24, 2.45) is 5.41 Å². The Bertz CT molecular complexity index is 785. The fourth-order valence-corrected chi connectivity index (χ4v) is 5.07. The molecule has 24 heavy (non-hydrogen) atoms. The van der Waals surface area contributed by atoms with Gasteiger partial charge < -0.3 is 14.2 Å². The first-order chi connectivity index (χ1) is 11.3. The summed E-state index contributed by atoms with van der Waals surface area (Å²) in [6.07, 6.45) is 5.93. The van der Waals surface area contributed by atoms with Crippen LogP contribution in [0.1, 0.15) is 63.6 Å². The Morgan fingerprint density at radius 2 is 1.88 bits per heavy atom. The van der Waals surface area contributed by atoms with Crippen LogP contribution in [-0.2, 0) is 5.41 Å². The fraction of sp³-hybridized carbons (Fsp3) is 0.524. The van der Waals surface area contributed by atoms with Gasteiger partial charge in [-0.1, -0.05) is 45.4 Å². The molecule has 0 radical (unpaired) electrons. The van der Waals surface area contributed by atoms with Gasteiger partial charge in [-0.3, -0.25) is 0 Å². The summed E-state index contributed by atoms with van der Waals surface area (Å²) in [5.41, 5.74) is 5.97. The molecule has 1 aromatic rings. The monoisotopic (exact) mass is 326 g/mol. The molecule has 2 aliphatic carbocycles.